The lowest BCUT2D eigenvalue weighted by molar-refractivity contribution is -0.168. The van der Waals surface area contributed by atoms with Crippen LogP contribution >= 0.6 is 0 Å². The number of fused-ring (bicyclic) bond motifs is 1. The Morgan fingerprint density at radius 1 is 1.00 bits per heavy atom. The molecule has 2 amide bonds. The number of carbonyl (C=O) groups excluding carboxylic acids is 2. The molecule has 0 radical (unpaired) electrons. The van der Waals surface area contributed by atoms with Crippen LogP contribution in [0.15, 0.2) is 47.4 Å². The number of hydroxylamine groups is 2. The first kappa shape index (κ1) is 35.5. The van der Waals surface area contributed by atoms with Crippen molar-refractivity contribution in [1.29, 1.82) is 0 Å². The number of hydrogen-bond acceptors (Lipinski definition) is 7. The number of sulfone groups is 1. The monoisotopic (exact) mass is 629 g/mol. The molecule has 2 aromatic rings. The van der Waals surface area contributed by atoms with Crippen molar-refractivity contribution in [3.63, 3.8) is 0 Å². The van der Waals surface area contributed by atoms with Gasteiger partial charge in [-0.3, -0.25) is 14.4 Å². The predicted molar refractivity (Wildman–Crippen MR) is 175 cm³/mol. The Labute approximate surface area is 263 Å². The lowest BCUT2D eigenvalue weighted by Crippen LogP contribution is -2.42. The summed E-state index contributed by atoms with van der Waals surface area (Å²) in [7, 11) is 3.19. The molecule has 2 aromatic carbocycles. The summed E-state index contributed by atoms with van der Waals surface area (Å²) in [6.45, 7) is 4.05. The van der Waals surface area contributed by atoms with E-state index in [0.717, 1.165) is 43.4 Å². The average Bonchev–Trinajstić information content (AvgIpc) is 3.07. The van der Waals surface area contributed by atoms with Gasteiger partial charge in [0.15, 0.2) is 9.84 Å². The van der Waals surface area contributed by atoms with Gasteiger partial charge in [-0.05, 0) is 67.1 Å². The SMILES string of the molecule is CCCCC1(CC)CS(=O)(=O)c2ccc(N(C)C)cc2C(c2cccc(NC(=O)CCCCCCC(=O)N(C)OC)c2)C1O. The topological polar surface area (TPSA) is 116 Å². The van der Waals surface area contributed by atoms with Crippen LogP contribution in [0, 0.1) is 5.41 Å². The molecule has 2 N–H and O–H groups in total. The minimum Gasteiger partial charge on any atom is -0.392 e. The van der Waals surface area contributed by atoms with Crippen molar-refractivity contribution < 1.29 is 28.0 Å². The number of carbonyl (C=O) groups is 2. The number of rotatable bonds is 15. The van der Waals surface area contributed by atoms with Gasteiger partial charge in [-0.15, -0.1) is 0 Å². The highest BCUT2D eigenvalue weighted by Gasteiger charge is 2.49. The largest absolute Gasteiger partial charge is 0.392 e. The number of hydrogen-bond donors (Lipinski definition) is 2. The molecule has 10 heteroatoms. The number of amides is 2. The van der Waals surface area contributed by atoms with Crippen molar-refractivity contribution in [2.75, 3.05) is 44.2 Å². The van der Waals surface area contributed by atoms with Crippen LogP contribution in [0.4, 0.5) is 11.4 Å². The first-order valence-corrected chi connectivity index (χ1v) is 17.5. The van der Waals surface area contributed by atoms with Gasteiger partial charge < -0.3 is 15.3 Å². The van der Waals surface area contributed by atoms with Gasteiger partial charge in [-0.25, -0.2) is 13.5 Å². The molecule has 3 unspecified atom stereocenters. The van der Waals surface area contributed by atoms with Crippen molar-refractivity contribution in [2.24, 2.45) is 5.41 Å². The van der Waals surface area contributed by atoms with Gasteiger partial charge in [0.2, 0.25) is 11.8 Å². The number of nitrogens with zero attached hydrogens (tertiary/aromatic N) is 2. The Bertz CT molecular complexity index is 1380. The molecular formula is C34H51N3O6S. The lowest BCUT2D eigenvalue weighted by atomic mass is 9.69. The normalized spacial score (nSPS) is 20.8. The molecule has 0 saturated carbocycles. The van der Waals surface area contributed by atoms with Crippen LogP contribution in [0.3, 0.4) is 0 Å². The summed E-state index contributed by atoms with van der Waals surface area (Å²) < 4.78 is 27.8. The van der Waals surface area contributed by atoms with Gasteiger partial charge in [0, 0.05) is 56.7 Å². The summed E-state index contributed by atoms with van der Waals surface area (Å²) >= 11 is 0. The minimum absolute atomic E-state index is 0.0661. The highest BCUT2D eigenvalue weighted by Crippen LogP contribution is 2.49. The van der Waals surface area contributed by atoms with Crippen molar-refractivity contribution >= 4 is 33.0 Å². The summed E-state index contributed by atoms with van der Waals surface area (Å²) in [6.07, 6.45) is 5.83. The highest BCUT2D eigenvalue weighted by atomic mass is 32.2. The maximum atomic E-state index is 13.9. The summed E-state index contributed by atoms with van der Waals surface area (Å²) in [5.41, 5.74) is 2.02. The quantitative estimate of drug-likeness (QED) is 0.186. The summed E-state index contributed by atoms with van der Waals surface area (Å²) in [5, 5.41) is 16.4. The molecule has 0 spiro atoms. The van der Waals surface area contributed by atoms with Gasteiger partial charge in [0.05, 0.1) is 23.9 Å². The smallest absolute Gasteiger partial charge is 0.245 e. The van der Waals surface area contributed by atoms with E-state index in [9.17, 15) is 23.1 Å². The fourth-order valence-electron chi connectivity index (χ4n) is 6.21. The van der Waals surface area contributed by atoms with Crippen LogP contribution in [-0.2, 0) is 24.3 Å². The second-order valence-corrected chi connectivity index (χ2v) is 14.2. The fourth-order valence-corrected chi connectivity index (χ4v) is 8.46. The van der Waals surface area contributed by atoms with Crippen molar-refractivity contribution in [3.05, 3.63) is 53.6 Å². The Hall–Kier alpha value is -2.95. The van der Waals surface area contributed by atoms with E-state index in [2.05, 4.69) is 12.2 Å². The summed E-state index contributed by atoms with van der Waals surface area (Å²) in [4.78, 5) is 31.8. The predicted octanol–water partition coefficient (Wildman–Crippen LogP) is 5.92. The van der Waals surface area contributed by atoms with Crippen LogP contribution in [0.2, 0.25) is 0 Å². The Morgan fingerprint density at radius 3 is 2.34 bits per heavy atom. The number of benzene rings is 2. The van der Waals surface area contributed by atoms with Crippen molar-refractivity contribution in [3.8, 4) is 0 Å². The molecule has 3 atom stereocenters. The molecule has 1 aliphatic rings. The van der Waals surface area contributed by atoms with Crippen LogP contribution in [0.25, 0.3) is 0 Å². The Morgan fingerprint density at radius 2 is 1.70 bits per heavy atom. The Balaban J connectivity index is 1.85. The second kappa shape index (κ2) is 15.9. The molecule has 1 aliphatic heterocycles. The standard InChI is InChI=1S/C34H51N3O6S/c1-7-9-21-34(8-2)24-44(41,42)29-20-19-27(36(3)4)23-28(29)32(33(34)40)25-15-14-16-26(22-25)35-30(38)17-12-10-11-13-18-31(39)37(5)43-6/h14-16,19-20,22-23,32-33,40H,7-13,17-18,21,24H2,1-6H3,(H,35,38). The fraction of sp³-hybridized carbons (Fsp3) is 0.588. The third-order valence-electron chi connectivity index (χ3n) is 9.03. The van der Waals surface area contributed by atoms with Gasteiger partial charge in [0.1, 0.15) is 0 Å². The van der Waals surface area contributed by atoms with Crippen LogP contribution in [-0.4, -0.2) is 70.5 Å². The first-order valence-electron chi connectivity index (χ1n) is 15.8. The number of unbranched alkanes of at least 4 members (excludes halogenated alkanes) is 4. The van der Waals surface area contributed by atoms with E-state index in [1.807, 2.05) is 62.3 Å². The van der Waals surface area contributed by atoms with Crippen molar-refractivity contribution in [2.45, 2.75) is 95.0 Å². The number of aliphatic hydroxyl groups is 1. The minimum atomic E-state index is -3.68. The maximum absolute atomic E-state index is 13.9. The number of nitrogens with one attached hydrogen (secondary N) is 1. The molecular weight excluding hydrogens is 578 g/mol. The molecule has 0 saturated heterocycles. The van der Waals surface area contributed by atoms with E-state index >= 15 is 0 Å². The summed E-state index contributed by atoms with van der Waals surface area (Å²) in [5.74, 6) is -0.863. The van der Waals surface area contributed by atoms with Crippen LogP contribution < -0.4 is 10.2 Å². The molecule has 0 fully saturated rings. The third kappa shape index (κ3) is 8.61. The van der Waals surface area contributed by atoms with E-state index < -0.39 is 27.3 Å². The van der Waals surface area contributed by atoms with E-state index in [4.69, 9.17) is 4.84 Å². The third-order valence-corrected chi connectivity index (χ3v) is 11.0. The zero-order valence-electron chi connectivity index (χ0n) is 27.3. The average molecular weight is 630 g/mol. The molecule has 44 heavy (non-hydrogen) atoms. The van der Waals surface area contributed by atoms with E-state index in [0.29, 0.717) is 43.4 Å². The van der Waals surface area contributed by atoms with E-state index in [-0.39, 0.29) is 22.5 Å². The van der Waals surface area contributed by atoms with E-state index in [1.54, 1.807) is 13.1 Å². The molecule has 3 rings (SSSR count). The molecule has 0 aliphatic carbocycles. The maximum Gasteiger partial charge on any atom is 0.245 e. The van der Waals surface area contributed by atoms with Crippen LogP contribution in [0.1, 0.15) is 95.1 Å². The van der Waals surface area contributed by atoms with Crippen molar-refractivity contribution in [1.82, 2.24) is 5.06 Å². The zero-order valence-corrected chi connectivity index (χ0v) is 28.1. The molecule has 9 nitrogen and oxygen atoms in total. The van der Waals surface area contributed by atoms with Gasteiger partial charge in [-0.2, -0.15) is 0 Å². The lowest BCUT2D eigenvalue weighted by Gasteiger charge is -2.39. The van der Waals surface area contributed by atoms with Gasteiger partial charge >= 0.3 is 0 Å². The zero-order chi connectivity index (χ0) is 32.5. The highest BCUT2D eigenvalue weighted by molar-refractivity contribution is 7.91. The van der Waals surface area contributed by atoms with E-state index in [1.165, 1.54) is 12.2 Å². The summed E-state index contributed by atoms with van der Waals surface area (Å²) in [6, 6.07) is 12.8. The van der Waals surface area contributed by atoms with Crippen LogP contribution in [0.5, 0.6) is 0 Å². The molecule has 244 valence electrons. The molecule has 0 aromatic heterocycles. The van der Waals surface area contributed by atoms with Gasteiger partial charge in [0.25, 0.3) is 0 Å². The number of aliphatic hydroxyl groups excluding tert-OH is 1. The number of anilines is 2. The second-order valence-electron chi connectivity index (χ2n) is 12.3. The molecule has 0 bridgehead atoms. The van der Waals surface area contributed by atoms with Gasteiger partial charge in [-0.1, -0.05) is 51.7 Å². The first-order chi connectivity index (χ1) is 20.9. The molecule has 1 heterocycles. The Kier molecular flexibility index (Phi) is 12.8.